The van der Waals surface area contributed by atoms with Crippen LogP contribution < -0.4 is 0 Å². The van der Waals surface area contributed by atoms with Crippen LogP contribution in [-0.2, 0) is 0 Å². The molecule has 0 N–H and O–H groups in total. The molecule has 0 heterocycles. The average molecular weight is 228 g/mol. The largest absolute Gasteiger partial charge is 0.197 e. The van der Waals surface area contributed by atoms with E-state index >= 15 is 0 Å². The normalized spacial score (nSPS) is 14.2. The van der Waals surface area contributed by atoms with Crippen molar-refractivity contribution in [2.24, 2.45) is 0 Å². The van der Waals surface area contributed by atoms with Crippen molar-refractivity contribution >= 4 is 13.5 Å². The van der Waals surface area contributed by atoms with Crippen molar-refractivity contribution in [3.63, 3.8) is 0 Å². The molecule has 2 aromatic carbocycles. The molecule has 0 aliphatic heterocycles. The average Bonchev–Trinajstić information content (AvgIpc) is 3.14. The summed E-state index contributed by atoms with van der Waals surface area (Å²) in [5.74, 6) is 0.821. The van der Waals surface area contributed by atoms with Crippen molar-refractivity contribution in [2.75, 3.05) is 0 Å². The summed E-state index contributed by atoms with van der Waals surface area (Å²) in [7, 11) is 0. The maximum absolute atomic E-state index is 2.28. The van der Waals surface area contributed by atoms with E-state index < -0.39 is 0 Å². The Morgan fingerprint density at radius 1 is 0.750 bits per heavy atom. The van der Waals surface area contributed by atoms with Crippen LogP contribution in [0.3, 0.4) is 0 Å². The standard InChI is InChI=1S/C15H14.H2S/c1-2-6-12(7-3-1)14-8-4-5-9-15(14)13-10-11-13;/h1-9,13H,10-11H2;1H2. The maximum atomic E-state index is 2.28. The third-order valence-electron chi connectivity index (χ3n) is 3.06. The minimum atomic E-state index is 0. The summed E-state index contributed by atoms with van der Waals surface area (Å²) in [4.78, 5) is 0. The highest BCUT2D eigenvalue weighted by Gasteiger charge is 2.25. The molecule has 3 rings (SSSR count). The highest BCUT2D eigenvalue weighted by molar-refractivity contribution is 7.59. The second kappa shape index (κ2) is 4.75. The molecule has 0 amide bonds. The van der Waals surface area contributed by atoms with Gasteiger partial charge >= 0.3 is 0 Å². The highest BCUT2D eigenvalue weighted by atomic mass is 32.1. The van der Waals surface area contributed by atoms with Gasteiger partial charge in [0.1, 0.15) is 0 Å². The SMILES string of the molecule is S.c1ccc(-c2ccccc2C2CC2)cc1. The molecule has 0 atom stereocenters. The second-order valence-corrected chi connectivity index (χ2v) is 4.23. The Hall–Kier alpha value is -1.21. The van der Waals surface area contributed by atoms with E-state index in [1.807, 2.05) is 0 Å². The monoisotopic (exact) mass is 228 g/mol. The number of benzene rings is 2. The van der Waals surface area contributed by atoms with Gasteiger partial charge in [-0.3, -0.25) is 0 Å². The third-order valence-corrected chi connectivity index (χ3v) is 3.06. The fourth-order valence-corrected chi connectivity index (χ4v) is 2.13. The molecule has 82 valence electrons. The predicted molar refractivity (Wildman–Crippen MR) is 74.2 cm³/mol. The molecule has 0 bridgehead atoms. The van der Waals surface area contributed by atoms with E-state index in [9.17, 15) is 0 Å². The molecule has 1 aliphatic rings. The van der Waals surface area contributed by atoms with E-state index in [0.29, 0.717) is 0 Å². The zero-order valence-electron chi connectivity index (χ0n) is 9.19. The van der Waals surface area contributed by atoms with Crippen molar-refractivity contribution < 1.29 is 0 Å². The van der Waals surface area contributed by atoms with Crippen LogP contribution in [0.5, 0.6) is 0 Å². The summed E-state index contributed by atoms with van der Waals surface area (Å²) in [6.45, 7) is 0. The smallest absolute Gasteiger partial charge is 0.0149 e. The van der Waals surface area contributed by atoms with E-state index in [2.05, 4.69) is 54.6 Å². The Morgan fingerprint density at radius 3 is 2.06 bits per heavy atom. The Bertz CT molecular complexity index is 458. The topological polar surface area (TPSA) is 0 Å². The van der Waals surface area contributed by atoms with Crippen molar-refractivity contribution in [1.82, 2.24) is 0 Å². The molecule has 2 aromatic rings. The summed E-state index contributed by atoms with van der Waals surface area (Å²) in [5, 5.41) is 0. The van der Waals surface area contributed by atoms with Crippen LogP contribution in [0, 0.1) is 0 Å². The van der Waals surface area contributed by atoms with Crippen molar-refractivity contribution in [3.05, 3.63) is 60.2 Å². The van der Waals surface area contributed by atoms with Gasteiger partial charge in [0.05, 0.1) is 0 Å². The molecule has 1 aliphatic carbocycles. The van der Waals surface area contributed by atoms with Crippen LogP contribution in [-0.4, -0.2) is 0 Å². The zero-order valence-corrected chi connectivity index (χ0v) is 10.2. The lowest BCUT2D eigenvalue weighted by atomic mass is 9.97. The van der Waals surface area contributed by atoms with Crippen molar-refractivity contribution in [1.29, 1.82) is 0 Å². The minimum Gasteiger partial charge on any atom is -0.197 e. The Balaban J connectivity index is 0.000000963. The highest BCUT2D eigenvalue weighted by Crippen LogP contribution is 2.44. The lowest BCUT2D eigenvalue weighted by Gasteiger charge is -2.08. The number of rotatable bonds is 2. The molecule has 0 unspecified atom stereocenters. The summed E-state index contributed by atoms with van der Waals surface area (Å²) >= 11 is 0. The van der Waals surface area contributed by atoms with Gasteiger partial charge in [0, 0.05) is 0 Å². The molecule has 0 spiro atoms. The first kappa shape index (κ1) is 11.3. The van der Waals surface area contributed by atoms with E-state index in [1.54, 1.807) is 0 Å². The molecular weight excluding hydrogens is 212 g/mol. The summed E-state index contributed by atoms with van der Waals surface area (Å²) in [6, 6.07) is 19.5. The lowest BCUT2D eigenvalue weighted by Crippen LogP contribution is -1.85. The van der Waals surface area contributed by atoms with Gasteiger partial charge in [0.2, 0.25) is 0 Å². The third kappa shape index (κ3) is 2.14. The Labute approximate surface area is 104 Å². The molecule has 0 nitrogen and oxygen atoms in total. The van der Waals surface area contributed by atoms with Crippen molar-refractivity contribution in [3.8, 4) is 11.1 Å². The van der Waals surface area contributed by atoms with E-state index in [1.165, 1.54) is 29.5 Å². The van der Waals surface area contributed by atoms with Crippen LogP contribution in [0.2, 0.25) is 0 Å². The Morgan fingerprint density at radius 2 is 1.38 bits per heavy atom. The fourth-order valence-electron chi connectivity index (χ4n) is 2.13. The molecule has 0 saturated heterocycles. The van der Waals surface area contributed by atoms with Crippen LogP contribution in [0.1, 0.15) is 24.3 Å². The quantitative estimate of drug-likeness (QED) is 0.717. The molecule has 0 radical (unpaired) electrons. The zero-order chi connectivity index (χ0) is 10.1. The first-order valence-electron chi connectivity index (χ1n) is 5.59. The van der Waals surface area contributed by atoms with Crippen LogP contribution >= 0.6 is 13.5 Å². The number of hydrogen-bond acceptors (Lipinski definition) is 0. The predicted octanol–water partition coefficient (Wildman–Crippen LogP) is 4.34. The van der Waals surface area contributed by atoms with E-state index in [4.69, 9.17) is 0 Å². The van der Waals surface area contributed by atoms with Gasteiger partial charge in [-0.1, -0.05) is 54.6 Å². The summed E-state index contributed by atoms with van der Waals surface area (Å²) in [6.07, 6.45) is 2.73. The van der Waals surface area contributed by atoms with Gasteiger partial charge in [0.25, 0.3) is 0 Å². The molecule has 1 saturated carbocycles. The minimum absolute atomic E-state index is 0. The van der Waals surface area contributed by atoms with E-state index in [-0.39, 0.29) is 13.5 Å². The molecule has 0 aromatic heterocycles. The molecular formula is C15H16S. The summed E-state index contributed by atoms with van der Waals surface area (Å²) in [5.41, 5.74) is 4.30. The summed E-state index contributed by atoms with van der Waals surface area (Å²) < 4.78 is 0. The Kier molecular flexibility index (Phi) is 3.35. The van der Waals surface area contributed by atoms with Gasteiger partial charge in [-0.2, -0.15) is 13.5 Å². The first-order chi connectivity index (χ1) is 7.45. The maximum Gasteiger partial charge on any atom is -0.0149 e. The van der Waals surface area contributed by atoms with Crippen molar-refractivity contribution in [2.45, 2.75) is 18.8 Å². The van der Waals surface area contributed by atoms with Crippen LogP contribution in [0.15, 0.2) is 54.6 Å². The van der Waals surface area contributed by atoms with Gasteiger partial charge < -0.3 is 0 Å². The lowest BCUT2D eigenvalue weighted by molar-refractivity contribution is 1.13. The molecule has 1 heteroatoms. The van der Waals surface area contributed by atoms with Gasteiger partial charge in [0.15, 0.2) is 0 Å². The first-order valence-corrected chi connectivity index (χ1v) is 5.59. The number of hydrogen-bond donors (Lipinski definition) is 0. The van der Waals surface area contributed by atoms with E-state index in [0.717, 1.165) is 5.92 Å². The van der Waals surface area contributed by atoms with Crippen LogP contribution in [0.4, 0.5) is 0 Å². The fraction of sp³-hybridized carbons (Fsp3) is 0.200. The molecule has 1 fully saturated rings. The van der Waals surface area contributed by atoms with Gasteiger partial charge in [-0.25, -0.2) is 0 Å². The van der Waals surface area contributed by atoms with Gasteiger partial charge in [-0.05, 0) is 35.4 Å². The second-order valence-electron chi connectivity index (χ2n) is 4.23. The van der Waals surface area contributed by atoms with Gasteiger partial charge in [-0.15, -0.1) is 0 Å². The van der Waals surface area contributed by atoms with Crippen LogP contribution in [0.25, 0.3) is 11.1 Å². The molecule has 16 heavy (non-hydrogen) atoms.